The van der Waals surface area contributed by atoms with Crippen LogP contribution in [0.3, 0.4) is 0 Å². The van der Waals surface area contributed by atoms with E-state index in [0.29, 0.717) is 0 Å². The van der Waals surface area contributed by atoms with Gasteiger partial charge in [0.25, 0.3) is 6.71 Å². The van der Waals surface area contributed by atoms with E-state index in [1.165, 1.54) is 180 Å². The Hall–Kier alpha value is -10.9. The molecule has 0 radical (unpaired) electrons. The van der Waals surface area contributed by atoms with Crippen molar-refractivity contribution in [2.24, 2.45) is 0 Å². The topological polar surface area (TPSA) is 19.7 Å². The lowest BCUT2D eigenvalue weighted by atomic mass is 9.34. The maximum atomic E-state index is 2.73. The van der Waals surface area contributed by atoms with Crippen molar-refractivity contribution in [3.63, 3.8) is 0 Å². The molecule has 0 bridgehead atoms. The first kappa shape index (κ1) is 43.0. The average molecular weight is 1050 g/mol. The van der Waals surface area contributed by atoms with Gasteiger partial charge >= 0.3 is 0 Å². The number of fused-ring (bicyclic) bond motifs is 30. The molecule has 0 fully saturated rings. The number of para-hydroxylation sites is 4. The van der Waals surface area contributed by atoms with Gasteiger partial charge < -0.3 is 18.3 Å². The van der Waals surface area contributed by atoms with E-state index >= 15 is 0 Å². The first-order chi connectivity index (χ1) is 41.2. The molecule has 19 aromatic rings. The van der Waals surface area contributed by atoms with Gasteiger partial charge in [-0.05, 0) is 137 Å². The normalized spacial score (nSPS) is 13.0. The van der Waals surface area contributed by atoms with Crippen molar-refractivity contribution in [3.8, 4) is 22.7 Å². The summed E-state index contributed by atoms with van der Waals surface area (Å²) in [5.74, 6) is 0. The second-order valence-electron chi connectivity index (χ2n) is 23.4. The molecule has 0 amide bonds. The van der Waals surface area contributed by atoms with Gasteiger partial charge in [-0.15, -0.1) is 0 Å². The quantitative estimate of drug-likeness (QED) is 0.121. The van der Waals surface area contributed by atoms with E-state index in [1.807, 2.05) is 0 Å². The minimum Gasteiger partial charge on any atom is -0.310 e. The van der Waals surface area contributed by atoms with E-state index in [1.54, 1.807) is 0 Å². The molecule has 378 valence electrons. The van der Waals surface area contributed by atoms with Gasteiger partial charge in [-0.2, -0.15) is 0 Å². The van der Waals surface area contributed by atoms with Crippen LogP contribution in [0, 0.1) is 0 Å². The van der Waals surface area contributed by atoms with Gasteiger partial charge in [0.05, 0.1) is 38.6 Å². The van der Waals surface area contributed by atoms with Crippen molar-refractivity contribution in [2.45, 2.75) is 0 Å². The minimum atomic E-state index is -0.122. The monoisotopic (exact) mass is 1050 g/mol. The SMILES string of the molecule is c1cc2c3c(c1)-n1c4c(cc5c6ccccc6c6ccccc6c5c4c4ccc5c6ccccc6c6ccccc6c5c41)B3c1cc(-n3c4ccccc4c4ccccc43)cc3c4cc(-n5c6ccccc6c6ccccc65)ccc4n-2c13. The van der Waals surface area contributed by atoms with E-state index in [0.717, 1.165) is 11.4 Å². The average Bonchev–Trinajstić information content (AvgIpc) is 1.77. The standard InChI is InChI=1S/C78H43BN4/c1-3-22-50-46(18-1)49-21-6-8-29-57(49)73-58(50)37-38-59-74-72-56-28-7-5-20-48(56)47-19-2-4-23-51(47)61(72)43-64-78(74)83(77(59)73)71-35-17-34-70-75(71)79(64)63-42-45(81-67-32-15-11-26-54(67)55-27-12-16-33-68(55)81)41-62-60-40-44(36-39-69(60)82(70)76(62)63)80-65-30-13-9-24-52(65)53-25-10-14-31-66(53)80/h1-43H. The molecule has 0 saturated heterocycles. The van der Waals surface area contributed by atoms with Gasteiger partial charge in [0.2, 0.25) is 0 Å². The Kier molecular flexibility index (Phi) is 7.83. The van der Waals surface area contributed by atoms with Crippen LogP contribution in [0.1, 0.15) is 0 Å². The third-order valence-electron chi connectivity index (χ3n) is 19.6. The van der Waals surface area contributed by atoms with Crippen molar-refractivity contribution in [1.82, 2.24) is 18.3 Å². The van der Waals surface area contributed by atoms with Crippen LogP contribution in [-0.4, -0.2) is 25.0 Å². The fourth-order valence-electron chi connectivity index (χ4n) is 16.6. The first-order valence-electron chi connectivity index (χ1n) is 29.0. The zero-order valence-electron chi connectivity index (χ0n) is 44.7. The Morgan fingerprint density at radius 3 is 1.18 bits per heavy atom. The maximum absolute atomic E-state index is 2.73. The third-order valence-corrected chi connectivity index (χ3v) is 19.6. The van der Waals surface area contributed by atoms with E-state index < -0.39 is 0 Å². The smallest absolute Gasteiger partial charge is 0.252 e. The fraction of sp³-hybridized carbons (Fsp3) is 0. The fourth-order valence-corrected chi connectivity index (χ4v) is 16.6. The van der Waals surface area contributed by atoms with Crippen LogP contribution in [-0.2, 0) is 0 Å². The van der Waals surface area contributed by atoms with Gasteiger partial charge in [0.1, 0.15) is 0 Å². The minimum absolute atomic E-state index is 0.122. The molecule has 2 aliphatic heterocycles. The lowest BCUT2D eigenvalue weighted by molar-refractivity contribution is 1.14. The molecule has 0 aliphatic carbocycles. The highest BCUT2D eigenvalue weighted by atomic mass is 15.0. The van der Waals surface area contributed by atoms with E-state index in [-0.39, 0.29) is 6.71 Å². The van der Waals surface area contributed by atoms with Crippen molar-refractivity contribution >= 4 is 175 Å². The summed E-state index contributed by atoms with van der Waals surface area (Å²) in [6, 6.07) is 99.3. The molecular formula is C78H43BN4. The molecular weight excluding hydrogens is 1000 g/mol. The summed E-state index contributed by atoms with van der Waals surface area (Å²) in [6.07, 6.45) is 0. The second kappa shape index (κ2) is 15.1. The van der Waals surface area contributed by atoms with Crippen LogP contribution in [0.4, 0.5) is 0 Å². The molecule has 5 heteroatoms. The van der Waals surface area contributed by atoms with Crippen LogP contribution in [0.25, 0.3) is 175 Å². The molecule has 6 heterocycles. The number of rotatable bonds is 2. The van der Waals surface area contributed by atoms with E-state index in [4.69, 9.17) is 0 Å². The van der Waals surface area contributed by atoms with Gasteiger partial charge in [0.15, 0.2) is 0 Å². The molecule has 83 heavy (non-hydrogen) atoms. The Labute approximate surface area is 474 Å². The predicted octanol–water partition coefficient (Wildman–Crippen LogP) is 18.1. The third kappa shape index (κ3) is 5.14. The van der Waals surface area contributed by atoms with Gasteiger partial charge in [-0.3, -0.25) is 0 Å². The number of hydrogen-bond donors (Lipinski definition) is 0. The molecule has 0 spiro atoms. The predicted molar refractivity (Wildman–Crippen MR) is 353 cm³/mol. The summed E-state index contributed by atoms with van der Waals surface area (Å²) in [5, 5.41) is 25.5. The molecule has 15 aromatic carbocycles. The summed E-state index contributed by atoms with van der Waals surface area (Å²) < 4.78 is 10.4. The van der Waals surface area contributed by atoms with Crippen LogP contribution in [0.15, 0.2) is 261 Å². The summed E-state index contributed by atoms with van der Waals surface area (Å²) >= 11 is 0. The van der Waals surface area contributed by atoms with Crippen molar-refractivity contribution in [2.75, 3.05) is 0 Å². The van der Waals surface area contributed by atoms with Crippen LogP contribution < -0.4 is 16.4 Å². The second-order valence-corrected chi connectivity index (χ2v) is 23.4. The Bertz CT molecular complexity index is 6120. The molecule has 2 aliphatic rings. The summed E-state index contributed by atoms with van der Waals surface area (Å²) in [7, 11) is 0. The summed E-state index contributed by atoms with van der Waals surface area (Å²) in [5.41, 5.74) is 18.6. The first-order valence-corrected chi connectivity index (χ1v) is 29.0. The molecule has 21 rings (SSSR count). The number of benzene rings is 15. The lowest BCUT2D eigenvalue weighted by Gasteiger charge is -2.34. The van der Waals surface area contributed by atoms with Gasteiger partial charge in [-0.25, -0.2) is 0 Å². The van der Waals surface area contributed by atoms with Gasteiger partial charge in [0, 0.05) is 82.1 Å². The molecule has 0 N–H and O–H groups in total. The number of aromatic nitrogens is 4. The zero-order chi connectivity index (χ0) is 53.5. The highest BCUT2D eigenvalue weighted by Crippen LogP contribution is 2.50. The number of hydrogen-bond acceptors (Lipinski definition) is 0. The van der Waals surface area contributed by atoms with Crippen molar-refractivity contribution in [1.29, 1.82) is 0 Å². The molecule has 0 atom stereocenters. The summed E-state index contributed by atoms with van der Waals surface area (Å²) in [4.78, 5) is 0. The Morgan fingerprint density at radius 1 is 0.205 bits per heavy atom. The molecule has 0 saturated carbocycles. The van der Waals surface area contributed by atoms with Crippen LogP contribution in [0.5, 0.6) is 0 Å². The number of nitrogens with zero attached hydrogens (tertiary/aromatic N) is 4. The van der Waals surface area contributed by atoms with E-state index in [9.17, 15) is 0 Å². The molecule has 0 unspecified atom stereocenters. The Morgan fingerprint density at radius 2 is 0.614 bits per heavy atom. The zero-order valence-corrected chi connectivity index (χ0v) is 44.7. The maximum Gasteiger partial charge on any atom is 0.252 e. The van der Waals surface area contributed by atoms with E-state index in [2.05, 4.69) is 279 Å². The van der Waals surface area contributed by atoms with Crippen LogP contribution in [0.2, 0.25) is 0 Å². The van der Waals surface area contributed by atoms with Gasteiger partial charge in [-0.1, -0.05) is 194 Å². The Balaban J connectivity index is 0.986. The highest BCUT2D eigenvalue weighted by Gasteiger charge is 2.42. The summed E-state index contributed by atoms with van der Waals surface area (Å²) in [6.45, 7) is -0.122. The van der Waals surface area contributed by atoms with Crippen molar-refractivity contribution < 1.29 is 0 Å². The highest BCUT2D eigenvalue weighted by molar-refractivity contribution is 7.00. The molecule has 4 aromatic heterocycles. The lowest BCUT2D eigenvalue weighted by Crippen LogP contribution is -2.59. The van der Waals surface area contributed by atoms with Crippen LogP contribution >= 0.6 is 0 Å². The largest absolute Gasteiger partial charge is 0.310 e. The van der Waals surface area contributed by atoms with Crippen molar-refractivity contribution in [3.05, 3.63) is 261 Å². The molecule has 4 nitrogen and oxygen atoms in total.